The van der Waals surface area contributed by atoms with E-state index in [9.17, 15) is 4.79 Å². The first-order valence-corrected chi connectivity index (χ1v) is 3.83. The number of carbonyl (C=O) groups excluding carboxylic acids is 1. The van der Waals surface area contributed by atoms with Gasteiger partial charge in [-0.05, 0) is 0 Å². The first kappa shape index (κ1) is 9.31. The van der Waals surface area contributed by atoms with Crippen molar-refractivity contribution in [3.05, 3.63) is 17.8 Å². The zero-order chi connectivity index (χ0) is 9.84. The number of amides is 1. The van der Waals surface area contributed by atoms with Crippen LogP contribution < -0.4 is 11.5 Å². The molecule has 1 aromatic rings. The lowest BCUT2D eigenvalue weighted by atomic mass is 10.2. The highest BCUT2D eigenvalue weighted by Crippen LogP contribution is 2.10. The van der Waals surface area contributed by atoms with Crippen molar-refractivity contribution in [3.8, 4) is 0 Å². The third kappa shape index (κ3) is 2.33. The molecular weight excluding hydrogens is 168 g/mol. The Bertz CT molecular complexity index is 340. The van der Waals surface area contributed by atoms with E-state index in [0.717, 1.165) is 5.56 Å². The molecule has 5 nitrogen and oxygen atoms in total. The average molecular weight is 180 g/mol. The summed E-state index contributed by atoms with van der Waals surface area (Å²) in [7, 11) is 1.75. The van der Waals surface area contributed by atoms with Crippen LogP contribution in [0.1, 0.15) is 12.0 Å². The fraction of sp³-hybridized carbons (Fsp3) is 0.250. The van der Waals surface area contributed by atoms with Crippen molar-refractivity contribution in [2.75, 3.05) is 5.73 Å². The third-order valence-corrected chi connectivity index (χ3v) is 1.63. The van der Waals surface area contributed by atoms with Gasteiger partial charge in [0.25, 0.3) is 0 Å². The summed E-state index contributed by atoms with van der Waals surface area (Å²) in [6.07, 6.45) is 5.24. The fourth-order valence-electron chi connectivity index (χ4n) is 0.894. The van der Waals surface area contributed by atoms with E-state index < -0.39 is 0 Å². The van der Waals surface area contributed by atoms with Crippen LogP contribution in [0.2, 0.25) is 0 Å². The van der Waals surface area contributed by atoms with Crippen LogP contribution in [0.4, 0.5) is 5.82 Å². The number of hydrogen-bond donors (Lipinski definition) is 2. The maximum Gasteiger partial charge on any atom is 0.221 e. The summed E-state index contributed by atoms with van der Waals surface area (Å²) in [5, 5.41) is 3.94. The molecule has 0 saturated carbocycles. The second-order valence-corrected chi connectivity index (χ2v) is 2.68. The molecule has 0 bridgehead atoms. The summed E-state index contributed by atoms with van der Waals surface area (Å²) in [6.45, 7) is 0. The highest BCUT2D eigenvalue weighted by Gasteiger charge is 1.99. The van der Waals surface area contributed by atoms with Crippen molar-refractivity contribution in [1.29, 1.82) is 0 Å². The van der Waals surface area contributed by atoms with Crippen molar-refractivity contribution in [2.45, 2.75) is 6.42 Å². The molecular formula is C8H12N4O. The smallest absolute Gasteiger partial charge is 0.221 e. The van der Waals surface area contributed by atoms with Gasteiger partial charge in [0.15, 0.2) is 0 Å². The summed E-state index contributed by atoms with van der Waals surface area (Å²) in [4.78, 5) is 10.4. The maximum atomic E-state index is 10.4. The zero-order valence-corrected chi connectivity index (χ0v) is 7.40. The quantitative estimate of drug-likeness (QED) is 0.680. The first-order valence-electron chi connectivity index (χ1n) is 3.83. The minimum atomic E-state index is -0.362. The highest BCUT2D eigenvalue weighted by molar-refractivity contribution is 5.77. The predicted octanol–water partition coefficient (Wildman–Crippen LogP) is -0.109. The minimum absolute atomic E-state index is 0.217. The Labute approximate surface area is 76.0 Å². The van der Waals surface area contributed by atoms with Gasteiger partial charge in [-0.3, -0.25) is 9.48 Å². The van der Waals surface area contributed by atoms with Crippen molar-refractivity contribution >= 4 is 17.8 Å². The number of aryl methyl sites for hydroxylation is 1. The van der Waals surface area contributed by atoms with E-state index in [1.807, 2.05) is 0 Å². The third-order valence-electron chi connectivity index (χ3n) is 1.63. The molecule has 0 fully saturated rings. The second-order valence-electron chi connectivity index (χ2n) is 2.68. The molecule has 1 heterocycles. The molecule has 0 aliphatic rings. The first-order chi connectivity index (χ1) is 6.11. The number of aromatic nitrogens is 2. The van der Waals surface area contributed by atoms with Crippen molar-refractivity contribution < 1.29 is 4.79 Å². The van der Waals surface area contributed by atoms with Crippen molar-refractivity contribution in [2.24, 2.45) is 12.8 Å². The van der Waals surface area contributed by atoms with Crippen molar-refractivity contribution in [3.63, 3.8) is 0 Å². The number of nitrogens with two attached hydrogens (primary N) is 2. The van der Waals surface area contributed by atoms with Crippen LogP contribution >= 0.6 is 0 Å². The van der Waals surface area contributed by atoms with Crippen LogP contribution in [-0.2, 0) is 11.8 Å². The Balaban J connectivity index is 2.69. The molecule has 0 atom stereocenters. The molecule has 13 heavy (non-hydrogen) atoms. The molecule has 0 unspecified atom stereocenters. The molecule has 4 N–H and O–H groups in total. The van der Waals surface area contributed by atoms with E-state index in [1.54, 1.807) is 30.1 Å². The summed E-state index contributed by atoms with van der Waals surface area (Å²) >= 11 is 0. The Morgan fingerprint density at radius 3 is 2.92 bits per heavy atom. The average Bonchev–Trinajstić information content (AvgIpc) is 2.35. The Hall–Kier alpha value is -1.78. The predicted molar refractivity (Wildman–Crippen MR) is 50.5 cm³/mol. The van der Waals surface area contributed by atoms with Gasteiger partial charge in [0.2, 0.25) is 5.91 Å². The standard InChI is InChI=1S/C8H12N4O/c1-12-8(10)6(5-11-12)3-2-4-7(9)13/h2-3,5H,4,10H2,1H3,(H2,9,13). The lowest BCUT2D eigenvalue weighted by Crippen LogP contribution is -2.07. The topological polar surface area (TPSA) is 86.9 Å². The molecule has 0 aromatic carbocycles. The summed E-state index contributed by atoms with van der Waals surface area (Å²) in [5.74, 6) is 0.208. The lowest BCUT2D eigenvalue weighted by molar-refractivity contribution is -0.117. The molecule has 0 aliphatic heterocycles. The van der Waals surface area contributed by atoms with Gasteiger partial charge in [-0.1, -0.05) is 12.2 Å². The van der Waals surface area contributed by atoms with E-state index in [-0.39, 0.29) is 12.3 Å². The molecule has 1 aromatic heterocycles. The molecule has 5 heteroatoms. The van der Waals surface area contributed by atoms with Gasteiger partial charge >= 0.3 is 0 Å². The van der Waals surface area contributed by atoms with Crippen LogP contribution in [-0.4, -0.2) is 15.7 Å². The number of nitrogens with zero attached hydrogens (tertiary/aromatic N) is 2. The van der Waals surface area contributed by atoms with Gasteiger partial charge in [-0.25, -0.2) is 0 Å². The van der Waals surface area contributed by atoms with Crippen LogP contribution in [0.15, 0.2) is 12.3 Å². The van der Waals surface area contributed by atoms with E-state index >= 15 is 0 Å². The zero-order valence-electron chi connectivity index (χ0n) is 7.40. The Morgan fingerprint density at radius 2 is 2.46 bits per heavy atom. The number of primary amides is 1. The highest BCUT2D eigenvalue weighted by atomic mass is 16.1. The molecule has 0 spiro atoms. The van der Waals surface area contributed by atoms with E-state index in [4.69, 9.17) is 11.5 Å². The number of carbonyl (C=O) groups is 1. The largest absolute Gasteiger partial charge is 0.383 e. The molecule has 1 rings (SSSR count). The van der Waals surface area contributed by atoms with Gasteiger partial charge in [-0.15, -0.1) is 0 Å². The SMILES string of the molecule is Cn1ncc(C=CCC(N)=O)c1N. The van der Waals surface area contributed by atoms with Crippen LogP contribution in [0.5, 0.6) is 0 Å². The van der Waals surface area contributed by atoms with E-state index in [0.29, 0.717) is 5.82 Å². The Morgan fingerprint density at radius 1 is 1.77 bits per heavy atom. The van der Waals surface area contributed by atoms with Gasteiger partial charge < -0.3 is 11.5 Å². The molecule has 0 radical (unpaired) electrons. The Kier molecular flexibility index (Phi) is 2.69. The maximum absolute atomic E-state index is 10.4. The number of rotatable bonds is 3. The number of anilines is 1. The molecule has 1 amide bonds. The van der Waals surface area contributed by atoms with Crippen molar-refractivity contribution in [1.82, 2.24) is 9.78 Å². The molecule has 70 valence electrons. The van der Waals surface area contributed by atoms with Crippen LogP contribution in [0.3, 0.4) is 0 Å². The second kappa shape index (κ2) is 3.75. The minimum Gasteiger partial charge on any atom is -0.383 e. The number of hydrogen-bond acceptors (Lipinski definition) is 3. The summed E-state index contributed by atoms with van der Waals surface area (Å²) < 4.78 is 1.56. The molecule has 0 aliphatic carbocycles. The monoisotopic (exact) mass is 180 g/mol. The van der Waals surface area contributed by atoms with Crippen LogP contribution in [0, 0.1) is 0 Å². The van der Waals surface area contributed by atoms with E-state index in [2.05, 4.69) is 5.10 Å². The molecule has 0 saturated heterocycles. The summed E-state index contributed by atoms with van der Waals surface area (Å²) in [5.41, 5.74) is 11.4. The summed E-state index contributed by atoms with van der Waals surface area (Å²) in [6, 6.07) is 0. The van der Waals surface area contributed by atoms with Gasteiger partial charge in [0.05, 0.1) is 6.20 Å². The van der Waals surface area contributed by atoms with Gasteiger partial charge in [0.1, 0.15) is 5.82 Å². The van der Waals surface area contributed by atoms with Gasteiger partial charge in [0, 0.05) is 19.0 Å². The number of nitrogen functional groups attached to an aromatic ring is 1. The van der Waals surface area contributed by atoms with E-state index in [1.165, 1.54) is 0 Å². The van der Waals surface area contributed by atoms with Crippen LogP contribution in [0.25, 0.3) is 6.08 Å². The normalized spacial score (nSPS) is 10.8. The lowest BCUT2D eigenvalue weighted by Gasteiger charge is -1.93. The van der Waals surface area contributed by atoms with Gasteiger partial charge in [-0.2, -0.15) is 5.10 Å². The fourth-order valence-corrected chi connectivity index (χ4v) is 0.894.